The van der Waals surface area contributed by atoms with E-state index in [1.54, 1.807) is 23.1 Å². The zero-order valence-electron chi connectivity index (χ0n) is 19.5. The van der Waals surface area contributed by atoms with Gasteiger partial charge in [-0.2, -0.15) is 5.10 Å². The molecule has 0 aliphatic carbocycles. The molecule has 178 valence electrons. The van der Waals surface area contributed by atoms with Gasteiger partial charge in [-0.25, -0.2) is 9.07 Å². The fourth-order valence-corrected chi connectivity index (χ4v) is 4.05. The molecule has 0 spiro atoms. The first kappa shape index (κ1) is 23.7. The Kier molecular flexibility index (Phi) is 7.77. The van der Waals surface area contributed by atoms with Gasteiger partial charge in [0.15, 0.2) is 0 Å². The Morgan fingerprint density at radius 3 is 2.62 bits per heavy atom. The summed E-state index contributed by atoms with van der Waals surface area (Å²) in [6.45, 7) is 3.51. The van der Waals surface area contributed by atoms with Gasteiger partial charge in [0.1, 0.15) is 23.0 Å². The summed E-state index contributed by atoms with van der Waals surface area (Å²) < 4.78 is 27.3. The van der Waals surface area contributed by atoms with E-state index in [4.69, 9.17) is 14.3 Å². The largest absolute Gasteiger partial charge is 0.468 e. The van der Waals surface area contributed by atoms with Crippen molar-refractivity contribution in [3.8, 4) is 22.9 Å². The summed E-state index contributed by atoms with van der Waals surface area (Å²) in [6, 6.07) is 19.7. The number of aliphatic hydroxyl groups is 1. The molecule has 2 aromatic heterocycles. The number of aryl methyl sites for hydroxylation is 1. The summed E-state index contributed by atoms with van der Waals surface area (Å²) in [5, 5.41) is 15.3. The molecule has 0 aliphatic rings. The third kappa shape index (κ3) is 5.92. The number of hydrogen-bond acceptors (Lipinski definition) is 5. The molecule has 2 aromatic carbocycles. The average Bonchev–Trinajstić information content (AvgIpc) is 3.43. The minimum Gasteiger partial charge on any atom is -0.468 e. The standard InChI is InChI=1S/C27H30FN3O3/c1-3-9-22(32)17-31(18-24-14-8-15-33-24)19-25-26(20-10-5-4-6-11-20)29-30(2)27(25)34-23-13-7-12-21(28)16-23/h4-8,10-16,22,32H,3,9,17-19H2,1-2H3/t22-/m1/s1. The van der Waals surface area contributed by atoms with Crippen molar-refractivity contribution in [1.82, 2.24) is 14.7 Å². The smallest absolute Gasteiger partial charge is 0.222 e. The highest BCUT2D eigenvalue weighted by molar-refractivity contribution is 5.65. The third-order valence-corrected chi connectivity index (χ3v) is 5.58. The van der Waals surface area contributed by atoms with E-state index in [-0.39, 0.29) is 5.82 Å². The minimum atomic E-state index is -0.468. The predicted octanol–water partition coefficient (Wildman–Crippen LogP) is 5.77. The number of furan rings is 1. The highest BCUT2D eigenvalue weighted by Crippen LogP contribution is 2.34. The van der Waals surface area contributed by atoms with Gasteiger partial charge >= 0.3 is 0 Å². The first-order chi connectivity index (χ1) is 16.5. The molecule has 6 nitrogen and oxygen atoms in total. The topological polar surface area (TPSA) is 63.7 Å². The van der Waals surface area contributed by atoms with E-state index in [2.05, 4.69) is 11.8 Å². The molecule has 0 saturated carbocycles. The Morgan fingerprint density at radius 2 is 1.91 bits per heavy atom. The van der Waals surface area contributed by atoms with Gasteiger partial charge in [-0.1, -0.05) is 49.7 Å². The van der Waals surface area contributed by atoms with Crippen LogP contribution in [0.2, 0.25) is 0 Å². The number of aromatic nitrogens is 2. The summed E-state index contributed by atoms with van der Waals surface area (Å²) in [5.74, 6) is 1.36. The quantitative estimate of drug-likeness (QED) is 0.306. The maximum absolute atomic E-state index is 13.8. The molecular weight excluding hydrogens is 433 g/mol. The molecule has 0 amide bonds. The monoisotopic (exact) mass is 463 g/mol. The van der Waals surface area contributed by atoms with Gasteiger partial charge in [-0.05, 0) is 30.7 Å². The second-order valence-electron chi connectivity index (χ2n) is 8.37. The van der Waals surface area contributed by atoms with Crippen LogP contribution in [0, 0.1) is 5.82 Å². The number of rotatable bonds is 11. The van der Waals surface area contributed by atoms with Crippen LogP contribution in [0.3, 0.4) is 0 Å². The van der Waals surface area contributed by atoms with Crippen LogP contribution in [0.4, 0.5) is 4.39 Å². The van der Waals surface area contributed by atoms with E-state index in [0.717, 1.165) is 29.0 Å². The summed E-state index contributed by atoms with van der Waals surface area (Å²) in [4.78, 5) is 2.13. The van der Waals surface area contributed by atoms with Gasteiger partial charge in [-0.15, -0.1) is 0 Å². The number of halogens is 1. The van der Waals surface area contributed by atoms with Crippen molar-refractivity contribution in [2.24, 2.45) is 7.05 Å². The number of nitrogens with zero attached hydrogens (tertiary/aromatic N) is 3. The molecule has 0 radical (unpaired) electrons. The first-order valence-corrected chi connectivity index (χ1v) is 11.5. The van der Waals surface area contributed by atoms with E-state index in [1.165, 1.54) is 12.1 Å². The van der Waals surface area contributed by atoms with Crippen molar-refractivity contribution in [2.45, 2.75) is 39.0 Å². The lowest BCUT2D eigenvalue weighted by Crippen LogP contribution is -2.31. The summed E-state index contributed by atoms with van der Waals surface area (Å²) in [5.41, 5.74) is 2.59. The highest BCUT2D eigenvalue weighted by Gasteiger charge is 2.24. The molecule has 34 heavy (non-hydrogen) atoms. The van der Waals surface area contributed by atoms with Crippen molar-refractivity contribution in [1.29, 1.82) is 0 Å². The summed E-state index contributed by atoms with van der Waals surface area (Å²) in [7, 11) is 1.81. The maximum atomic E-state index is 13.8. The van der Waals surface area contributed by atoms with Crippen molar-refractivity contribution in [2.75, 3.05) is 6.54 Å². The SMILES string of the molecule is CCC[C@@H](O)CN(Cc1ccco1)Cc1c(-c2ccccc2)nn(C)c1Oc1cccc(F)c1. The van der Waals surface area contributed by atoms with E-state index in [9.17, 15) is 9.50 Å². The molecular formula is C27H30FN3O3. The zero-order valence-corrected chi connectivity index (χ0v) is 19.5. The molecule has 1 atom stereocenters. The second kappa shape index (κ2) is 11.1. The summed E-state index contributed by atoms with van der Waals surface area (Å²) in [6.07, 6.45) is 2.78. The zero-order chi connectivity index (χ0) is 23.9. The normalized spacial score (nSPS) is 12.3. The van der Waals surface area contributed by atoms with Crippen LogP contribution in [0.25, 0.3) is 11.3 Å². The maximum Gasteiger partial charge on any atom is 0.222 e. The molecule has 0 fully saturated rings. The lowest BCUT2D eigenvalue weighted by molar-refractivity contribution is 0.0928. The Bertz CT molecular complexity index is 1180. The van der Waals surface area contributed by atoms with Gasteiger partial charge in [0.2, 0.25) is 5.88 Å². The van der Waals surface area contributed by atoms with E-state index in [1.807, 2.05) is 49.5 Å². The van der Waals surface area contributed by atoms with Crippen LogP contribution in [-0.4, -0.2) is 32.4 Å². The highest BCUT2D eigenvalue weighted by atomic mass is 19.1. The molecule has 4 aromatic rings. The lowest BCUT2D eigenvalue weighted by atomic mass is 10.1. The van der Waals surface area contributed by atoms with Gasteiger partial charge in [-0.3, -0.25) is 4.90 Å². The Balaban J connectivity index is 1.72. The van der Waals surface area contributed by atoms with Crippen molar-refractivity contribution < 1.29 is 18.7 Å². The van der Waals surface area contributed by atoms with Gasteiger partial charge < -0.3 is 14.3 Å². The van der Waals surface area contributed by atoms with Crippen LogP contribution in [0.15, 0.2) is 77.4 Å². The number of ether oxygens (including phenoxy) is 1. The van der Waals surface area contributed by atoms with Crippen molar-refractivity contribution in [3.05, 3.63) is 90.1 Å². The number of aliphatic hydroxyl groups excluding tert-OH is 1. The molecule has 7 heteroatoms. The Morgan fingerprint density at radius 1 is 1.09 bits per heavy atom. The van der Waals surface area contributed by atoms with Crippen LogP contribution < -0.4 is 4.74 Å². The average molecular weight is 464 g/mol. The van der Waals surface area contributed by atoms with Crippen LogP contribution >= 0.6 is 0 Å². The summed E-state index contributed by atoms with van der Waals surface area (Å²) >= 11 is 0. The van der Waals surface area contributed by atoms with E-state index < -0.39 is 6.10 Å². The Labute approximate surface area is 199 Å². The van der Waals surface area contributed by atoms with Gasteiger partial charge in [0.05, 0.1) is 24.5 Å². The fraction of sp³-hybridized carbons (Fsp3) is 0.296. The van der Waals surface area contributed by atoms with Crippen molar-refractivity contribution in [3.63, 3.8) is 0 Å². The molecule has 0 bridgehead atoms. The van der Waals surface area contributed by atoms with Gasteiger partial charge in [0, 0.05) is 31.8 Å². The second-order valence-corrected chi connectivity index (χ2v) is 8.37. The van der Waals surface area contributed by atoms with Crippen LogP contribution in [0.5, 0.6) is 11.6 Å². The van der Waals surface area contributed by atoms with E-state index in [0.29, 0.717) is 37.7 Å². The third-order valence-electron chi connectivity index (χ3n) is 5.58. The van der Waals surface area contributed by atoms with E-state index >= 15 is 0 Å². The molecule has 1 N–H and O–H groups in total. The molecule has 2 heterocycles. The minimum absolute atomic E-state index is 0.369. The van der Waals surface area contributed by atoms with Crippen molar-refractivity contribution >= 4 is 0 Å². The Hall–Kier alpha value is -3.42. The van der Waals surface area contributed by atoms with Crippen LogP contribution in [-0.2, 0) is 20.1 Å². The molecule has 0 aliphatic heterocycles. The first-order valence-electron chi connectivity index (χ1n) is 11.5. The predicted molar refractivity (Wildman–Crippen MR) is 129 cm³/mol. The lowest BCUT2D eigenvalue weighted by Gasteiger charge is -2.24. The number of hydrogen-bond donors (Lipinski definition) is 1. The van der Waals surface area contributed by atoms with Gasteiger partial charge in [0.25, 0.3) is 0 Å². The fourth-order valence-electron chi connectivity index (χ4n) is 4.05. The molecule has 4 rings (SSSR count). The van der Waals surface area contributed by atoms with Crippen LogP contribution in [0.1, 0.15) is 31.1 Å². The molecule has 0 unspecified atom stereocenters. The molecule has 0 saturated heterocycles. The number of benzene rings is 2.